The van der Waals surface area contributed by atoms with Crippen molar-refractivity contribution in [2.75, 3.05) is 0 Å². The molecule has 176 valence electrons. The van der Waals surface area contributed by atoms with Crippen molar-refractivity contribution in [1.29, 1.82) is 0 Å². The summed E-state index contributed by atoms with van der Waals surface area (Å²) < 4.78 is 170. The zero-order valence-corrected chi connectivity index (χ0v) is 19.0. The van der Waals surface area contributed by atoms with E-state index < -0.39 is 52.0 Å². The Morgan fingerprint density at radius 1 is 0.276 bits per heavy atom. The molecule has 0 radical (unpaired) electrons. The van der Waals surface area contributed by atoms with Crippen LogP contribution in [0.5, 0.6) is 0 Å². The first-order valence-corrected chi connectivity index (χ1v) is 10.0. The van der Waals surface area contributed by atoms with E-state index in [0.717, 1.165) is 0 Å². The van der Waals surface area contributed by atoms with E-state index in [4.69, 9.17) is 87.6 Å². The maximum Gasteiger partial charge on any atom is 5.00 e. The summed E-state index contributed by atoms with van der Waals surface area (Å²) in [4.78, 5) is 0. The van der Waals surface area contributed by atoms with Gasteiger partial charge in [-0.1, -0.05) is 0 Å². The smallest absolute Gasteiger partial charge is 0.759 e. The van der Waals surface area contributed by atoms with Crippen molar-refractivity contribution in [2.24, 2.45) is 0 Å². The summed E-state index contributed by atoms with van der Waals surface area (Å²) in [6.45, 7) is 0. The predicted molar refractivity (Wildman–Crippen MR) is 59.6 cm³/mol. The molecule has 4 N–H and O–H groups in total. The molecule has 0 spiro atoms. The third-order valence-electron chi connectivity index (χ3n) is 0. The van der Waals surface area contributed by atoms with Gasteiger partial charge in [-0.25, -0.2) is 0 Å². The van der Waals surface area contributed by atoms with Crippen molar-refractivity contribution in [1.82, 2.24) is 0 Å². The molecule has 0 aliphatic rings. The Morgan fingerprint density at radius 3 is 0.276 bits per heavy atom. The fourth-order valence-electron chi connectivity index (χ4n) is 0. The Balaban J connectivity index is -0.0000000238. The molecule has 0 fully saturated rings. The Labute approximate surface area is 187 Å². The van der Waals surface area contributed by atoms with E-state index in [1.807, 2.05) is 0 Å². The molecule has 0 aromatic carbocycles. The Bertz CT molecular complexity index is 619. The molecule has 0 saturated heterocycles. The molecule has 22 nitrogen and oxygen atoms in total. The van der Waals surface area contributed by atoms with E-state index >= 15 is 0 Å². The van der Waals surface area contributed by atoms with E-state index in [1.165, 1.54) is 0 Å². The summed E-state index contributed by atoms with van der Waals surface area (Å²) in [7, 11) is -25.8. The monoisotopic (exact) mass is 618 g/mol. The van der Waals surface area contributed by atoms with Crippen LogP contribution in [0.25, 0.3) is 0 Å². The number of hydrogen-bond acceptors (Lipinski definition) is 20. The van der Waals surface area contributed by atoms with Gasteiger partial charge in [-0.05, 0) is 0 Å². The van der Waals surface area contributed by atoms with Gasteiger partial charge in [0.1, 0.15) is 0 Å². The molecule has 0 unspecified atom stereocenters. The number of rotatable bonds is 0. The van der Waals surface area contributed by atoms with Crippen molar-refractivity contribution in [2.45, 2.75) is 0 Å². The molecular formula is H4O22S5V2. The van der Waals surface area contributed by atoms with E-state index in [0.29, 0.717) is 0 Å². The van der Waals surface area contributed by atoms with Gasteiger partial charge in [0.2, 0.25) is 0 Å². The third-order valence-corrected chi connectivity index (χ3v) is 0. The van der Waals surface area contributed by atoms with E-state index in [1.54, 1.807) is 0 Å². The standard InChI is InChI=1S/5H2O4S.2H2O.2V/c5*1-5(2,3)4;;;;/h5*(H2,1,2,3,4);2*1H2;;/q;;;;;;;2*+5/p-10. The summed E-state index contributed by atoms with van der Waals surface area (Å²) in [5, 5.41) is 0. The SMILES string of the molecule is O.O.O=S(=O)([O-])[O-].O=S(=O)([O-])[O-].O=S(=O)([O-])[O-].O=S(=O)([O-])[O-].O=S(=O)([O-])[O-].[V+5].[V+5]. The quantitative estimate of drug-likeness (QED) is 0.179. The van der Waals surface area contributed by atoms with Gasteiger partial charge in [-0.15, -0.1) is 0 Å². The first-order valence-electron chi connectivity index (χ1n) is 3.33. The molecule has 0 aromatic heterocycles. The van der Waals surface area contributed by atoms with Gasteiger partial charge in [-0.2, -0.15) is 0 Å². The predicted octanol–water partition coefficient (Wildman–Crippen LogP) is -8.34. The van der Waals surface area contributed by atoms with Gasteiger partial charge in [-0.3, -0.25) is 42.1 Å². The summed E-state index contributed by atoms with van der Waals surface area (Å²) in [6, 6.07) is 0. The molecule has 0 aliphatic heterocycles. The second kappa shape index (κ2) is 23.1. The second-order valence-corrected chi connectivity index (χ2v) is 6.12. The second-order valence-electron chi connectivity index (χ2n) is 2.04. The molecule has 0 bridgehead atoms. The van der Waals surface area contributed by atoms with Crippen LogP contribution in [0, 0.1) is 0 Å². The Morgan fingerprint density at radius 2 is 0.276 bits per heavy atom. The zero-order chi connectivity index (χ0) is 22.5. The van der Waals surface area contributed by atoms with E-state index in [9.17, 15) is 0 Å². The van der Waals surface area contributed by atoms with E-state index in [-0.39, 0.29) is 48.1 Å². The minimum Gasteiger partial charge on any atom is -0.759 e. The van der Waals surface area contributed by atoms with E-state index in [2.05, 4.69) is 0 Å². The fraction of sp³-hybridized carbons (Fsp3) is 0. The van der Waals surface area contributed by atoms with Crippen molar-refractivity contribution in [3.05, 3.63) is 0 Å². The van der Waals surface area contributed by atoms with Crippen molar-refractivity contribution in [3.8, 4) is 0 Å². The summed E-state index contributed by atoms with van der Waals surface area (Å²) in [6.07, 6.45) is 0. The maximum atomic E-state index is 8.52. The van der Waals surface area contributed by atoms with Crippen LogP contribution in [0.15, 0.2) is 0 Å². The fourth-order valence-corrected chi connectivity index (χ4v) is 0. The van der Waals surface area contributed by atoms with Crippen molar-refractivity contribution >= 4 is 52.0 Å². The average Bonchev–Trinajstić information content (AvgIpc) is 1.79. The van der Waals surface area contributed by atoms with Gasteiger partial charge in [0.25, 0.3) is 0 Å². The summed E-state index contributed by atoms with van der Waals surface area (Å²) in [5.41, 5.74) is 0. The normalized spacial score (nSPS) is 10.0. The Hall–Kier alpha value is 0.439. The molecule has 0 heterocycles. The van der Waals surface area contributed by atoms with Crippen LogP contribution < -0.4 is 0 Å². The molecule has 0 aliphatic carbocycles. The molecule has 29 heavy (non-hydrogen) atoms. The van der Waals surface area contributed by atoms with Gasteiger partial charge in [0.15, 0.2) is 0 Å². The van der Waals surface area contributed by atoms with Gasteiger partial charge in [0.05, 0.1) is 0 Å². The van der Waals surface area contributed by atoms with Crippen LogP contribution in [0.4, 0.5) is 0 Å². The average molecular weight is 618 g/mol. The summed E-state index contributed by atoms with van der Waals surface area (Å²) in [5.74, 6) is 0. The minimum absolute atomic E-state index is 0. The first kappa shape index (κ1) is 57.0. The van der Waals surface area contributed by atoms with Crippen LogP contribution in [-0.4, -0.2) is 98.6 Å². The molecular weight excluding hydrogens is 614 g/mol. The molecule has 0 saturated carbocycles. The molecule has 0 atom stereocenters. The van der Waals surface area contributed by atoms with Gasteiger partial charge < -0.3 is 56.5 Å². The first-order chi connectivity index (χ1) is 10.0. The molecule has 0 rings (SSSR count). The van der Waals surface area contributed by atoms with Crippen LogP contribution >= 0.6 is 0 Å². The largest absolute Gasteiger partial charge is 5.00 e. The van der Waals surface area contributed by atoms with Crippen LogP contribution in [-0.2, 0) is 89.1 Å². The number of hydrogen-bond donors (Lipinski definition) is 0. The maximum absolute atomic E-state index is 8.52. The molecule has 0 aromatic rings. The van der Waals surface area contributed by atoms with Crippen LogP contribution in [0.3, 0.4) is 0 Å². The Kier molecular flexibility index (Phi) is 45.4. The van der Waals surface area contributed by atoms with Gasteiger partial charge >= 0.3 is 37.1 Å². The van der Waals surface area contributed by atoms with Crippen LogP contribution in [0.1, 0.15) is 0 Å². The van der Waals surface area contributed by atoms with Crippen LogP contribution in [0.2, 0.25) is 0 Å². The topological polar surface area (TPSA) is 464 Å². The van der Waals surface area contributed by atoms with Gasteiger partial charge in [0, 0.05) is 52.0 Å². The summed E-state index contributed by atoms with van der Waals surface area (Å²) >= 11 is 0. The molecule has 0 amide bonds. The zero-order valence-electron chi connectivity index (χ0n) is 12.1. The van der Waals surface area contributed by atoms with Crippen molar-refractivity contribution < 1.29 is 136 Å². The molecule has 29 heteroatoms. The third kappa shape index (κ3) is 103000. The van der Waals surface area contributed by atoms with Crippen molar-refractivity contribution in [3.63, 3.8) is 0 Å². The minimum atomic E-state index is -5.17.